The highest BCUT2D eigenvalue weighted by Gasteiger charge is 2.16. The molecule has 0 unspecified atom stereocenters. The van der Waals surface area contributed by atoms with Gasteiger partial charge in [-0.2, -0.15) is 0 Å². The molecule has 110 valence electrons. The van der Waals surface area contributed by atoms with Crippen LogP contribution < -0.4 is 20.1 Å². The third-order valence-corrected chi connectivity index (χ3v) is 2.80. The third kappa shape index (κ3) is 3.67. The minimum Gasteiger partial charge on any atom is -0.495 e. The molecule has 0 atom stereocenters. The molecule has 0 saturated carbocycles. The molecule has 0 bridgehead atoms. The SMILES string of the molecule is COc1ccc(OC)c(NC(=O)NC(=N)N(C)C)c1Cl. The van der Waals surface area contributed by atoms with Gasteiger partial charge in [-0.25, -0.2) is 4.79 Å². The molecule has 0 saturated heterocycles. The Hall–Kier alpha value is -2.15. The average Bonchev–Trinajstić information content (AvgIpc) is 2.40. The zero-order chi connectivity index (χ0) is 15.3. The number of benzene rings is 1. The molecule has 0 aliphatic heterocycles. The minimum absolute atomic E-state index is 0.0551. The molecule has 0 aliphatic carbocycles. The van der Waals surface area contributed by atoms with E-state index in [0.717, 1.165) is 0 Å². The molecule has 0 radical (unpaired) electrons. The molecule has 0 aliphatic rings. The Morgan fingerprint density at radius 1 is 1.25 bits per heavy atom. The van der Waals surface area contributed by atoms with Crippen LogP contribution in [0.3, 0.4) is 0 Å². The van der Waals surface area contributed by atoms with E-state index in [-0.39, 0.29) is 16.7 Å². The minimum atomic E-state index is -0.600. The molecule has 1 rings (SSSR count). The maximum absolute atomic E-state index is 11.8. The largest absolute Gasteiger partial charge is 0.495 e. The van der Waals surface area contributed by atoms with E-state index in [1.54, 1.807) is 26.2 Å². The van der Waals surface area contributed by atoms with Gasteiger partial charge in [0, 0.05) is 14.1 Å². The molecule has 20 heavy (non-hydrogen) atoms. The van der Waals surface area contributed by atoms with Crippen molar-refractivity contribution in [2.75, 3.05) is 33.6 Å². The number of carbonyl (C=O) groups is 1. The number of anilines is 1. The topological polar surface area (TPSA) is 86.7 Å². The summed E-state index contributed by atoms with van der Waals surface area (Å²) in [6.07, 6.45) is 0. The molecule has 7 nitrogen and oxygen atoms in total. The molecular weight excluding hydrogens is 284 g/mol. The van der Waals surface area contributed by atoms with Gasteiger partial charge in [0.25, 0.3) is 0 Å². The maximum atomic E-state index is 11.8. The predicted octanol–water partition coefficient (Wildman–Crippen LogP) is 1.98. The van der Waals surface area contributed by atoms with Crippen LogP contribution in [-0.2, 0) is 0 Å². The summed E-state index contributed by atoms with van der Waals surface area (Å²) in [5.74, 6) is 0.744. The van der Waals surface area contributed by atoms with Gasteiger partial charge in [0.2, 0.25) is 0 Å². The lowest BCUT2D eigenvalue weighted by molar-refractivity contribution is 0.255. The second kappa shape index (κ2) is 6.85. The van der Waals surface area contributed by atoms with E-state index in [9.17, 15) is 4.79 Å². The van der Waals surface area contributed by atoms with Crippen LogP contribution in [0.4, 0.5) is 10.5 Å². The molecule has 1 aromatic rings. The normalized spacial score (nSPS) is 9.65. The first kappa shape index (κ1) is 15.9. The van der Waals surface area contributed by atoms with Gasteiger partial charge in [-0.15, -0.1) is 0 Å². The van der Waals surface area contributed by atoms with Gasteiger partial charge in [-0.3, -0.25) is 10.7 Å². The number of guanidine groups is 1. The molecular formula is C12H17ClN4O3. The highest BCUT2D eigenvalue weighted by atomic mass is 35.5. The number of rotatable bonds is 3. The van der Waals surface area contributed by atoms with Gasteiger partial charge in [0.1, 0.15) is 22.2 Å². The van der Waals surface area contributed by atoms with Gasteiger partial charge in [0.05, 0.1) is 14.2 Å². The van der Waals surface area contributed by atoms with Crippen molar-refractivity contribution in [2.24, 2.45) is 0 Å². The Balaban J connectivity index is 2.96. The van der Waals surface area contributed by atoms with Crippen LogP contribution in [0.2, 0.25) is 5.02 Å². The number of methoxy groups -OCH3 is 2. The average molecular weight is 301 g/mol. The van der Waals surface area contributed by atoms with Gasteiger partial charge >= 0.3 is 6.03 Å². The highest BCUT2D eigenvalue weighted by molar-refractivity contribution is 6.35. The van der Waals surface area contributed by atoms with Crippen LogP contribution in [-0.4, -0.2) is 45.2 Å². The van der Waals surface area contributed by atoms with Crippen molar-refractivity contribution in [1.82, 2.24) is 10.2 Å². The van der Waals surface area contributed by atoms with Crippen molar-refractivity contribution in [1.29, 1.82) is 5.41 Å². The van der Waals surface area contributed by atoms with E-state index in [1.165, 1.54) is 19.1 Å². The number of hydrogen-bond acceptors (Lipinski definition) is 4. The van der Waals surface area contributed by atoms with E-state index in [0.29, 0.717) is 11.5 Å². The lowest BCUT2D eigenvalue weighted by atomic mass is 10.2. The third-order valence-electron chi connectivity index (χ3n) is 2.43. The number of carbonyl (C=O) groups excluding carboxylic acids is 1. The number of urea groups is 1. The molecule has 0 fully saturated rings. The molecule has 2 amide bonds. The summed E-state index contributed by atoms with van der Waals surface area (Å²) in [7, 11) is 6.21. The maximum Gasteiger partial charge on any atom is 0.326 e. The quantitative estimate of drug-likeness (QED) is 0.588. The lowest BCUT2D eigenvalue weighted by Crippen LogP contribution is -2.41. The number of hydrogen-bond donors (Lipinski definition) is 3. The van der Waals surface area contributed by atoms with Crippen molar-refractivity contribution < 1.29 is 14.3 Å². The van der Waals surface area contributed by atoms with Crippen molar-refractivity contribution in [3.63, 3.8) is 0 Å². The zero-order valence-electron chi connectivity index (χ0n) is 11.7. The molecule has 1 aromatic carbocycles. The molecule has 0 spiro atoms. The van der Waals surface area contributed by atoms with E-state index in [4.69, 9.17) is 26.5 Å². The van der Waals surface area contributed by atoms with Gasteiger partial charge in [-0.05, 0) is 12.1 Å². The van der Waals surface area contributed by atoms with Crippen molar-refractivity contribution >= 4 is 29.3 Å². The van der Waals surface area contributed by atoms with E-state index in [1.807, 2.05) is 0 Å². The molecule has 0 aromatic heterocycles. The van der Waals surface area contributed by atoms with Gasteiger partial charge < -0.3 is 19.7 Å². The van der Waals surface area contributed by atoms with E-state index < -0.39 is 6.03 Å². The summed E-state index contributed by atoms with van der Waals surface area (Å²) < 4.78 is 10.2. The first-order valence-electron chi connectivity index (χ1n) is 5.65. The summed E-state index contributed by atoms with van der Waals surface area (Å²) in [4.78, 5) is 13.3. The summed E-state index contributed by atoms with van der Waals surface area (Å²) in [5.41, 5.74) is 0.276. The standard InChI is InChI=1S/C12H17ClN4O3/c1-17(2)11(14)16-12(18)15-10-8(20-4)6-5-7(19-3)9(10)13/h5-6H,1-4H3,(H3,14,15,16,18). The number of nitrogens with zero attached hydrogens (tertiary/aromatic N) is 1. The van der Waals surface area contributed by atoms with Gasteiger partial charge in [0.15, 0.2) is 5.96 Å². The Labute approximate surface area is 122 Å². The monoisotopic (exact) mass is 300 g/mol. The lowest BCUT2D eigenvalue weighted by Gasteiger charge is -2.17. The molecule has 8 heteroatoms. The summed E-state index contributed by atoms with van der Waals surface area (Å²) in [6, 6.07) is 2.65. The van der Waals surface area contributed by atoms with Crippen LogP contribution >= 0.6 is 11.6 Å². The number of halogens is 1. The summed E-state index contributed by atoms with van der Waals surface area (Å²) >= 11 is 6.12. The summed E-state index contributed by atoms with van der Waals surface area (Å²) in [5, 5.41) is 12.6. The van der Waals surface area contributed by atoms with Crippen LogP contribution in [0.5, 0.6) is 11.5 Å². The first-order valence-corrected chi connectivity index (χ1v) is 6.02. The summed E-state index contributed by atoms with van der Waals surface area (Å²) in [6.45, 7) is 0. The number of nitrogens with one attached hydrogen (secondary N) is 3. The molecule has 3 N–H and O–H groups in total. The van der Waals surface area contributed by atoms with Crippen LogP contribution in [0.25, 0.3) is 0 Å². The second-order valence-corrected chi connectivity index (χ2v) is 4.36. The predicted molar refractivity (Wildman–Crippen MR) is 78.1 cm³/mol. The first-order chi connectivity index (χ1) is 9.40. The van der Waals surface area contributed by atoms with Crippen molar-refractivity contribution in [2.45, 2.75) is 0 Å². The Bertz CT molecular complexity index is 520. The smallest absolute Gasteiger partial charge is 0.326 e. The van der Waals surface area contributed by atoms with Gasteiger partial charge in [-0.1, -0.05) is 11.6 Å². The van der Waals surface area contributed by atoms with Crippen LogP contribution in [0, 0.1) is 5.41 Å². The molecule has 0 heterocycles. The van der Waals surface area contributed by atoms with Crippen molar-refractivity contribution in [3.05, 3.63) is 17.2 Å². The Kier molecular flexibility index (Phi) is 5.45. The fourth-order valence-corrected chi connectivity index (χ4v) is 1.63. The van der Waals surface area contributed by atoms with Crippen LogP contribution in [0.15, 0.2) is 12.1 Å². The Morgan fingerprint density at radius 3 is 2.30 bits per heavy atom. The van der Waals surface area contributed by atoms with Crippen LogP contribution in [0.1, 0.15) is 0 Å². The van der Waals surface area contributed by atoms with E-state index >= 15 is 0 Å². The number of ether oxygens (including phenoxy) is 2. The Morgan fingerprint density at radius 2 is 1.80 bits per heavy atom. The zero-order valence-corrected chi connectivity index (χ0v) is 12.5. The van der Waals surface area contributed by atoms with Crippen molar-refractivity contribution in [3.8, 4) is 11.5 Å². The van der Waals surface area contributed by atoms with E-state index in [2.05, 4.69) is 10.6 Å². The number of amides is 2. The fraction of sp³-hybridized carbons (Fsp3) is 0.333. The fourth-order valence-electron chi connectivity index (χ4n) is 1.35. The highest BCUT2D eigenvalue weighted by Crippen LogP contribution is 2.39. The second-order valence-electron chi connectivity index (χ2n) is 3.98.